The average Bonchev–Trinajstić information content (AvgIpc) is 2.43. The molecular weight excluding hydrogens is 246 g/mol. The van der Waals surface area contributed by atoms with Crippen molar-refractivity contribution in [2.75, 3.05) is 17.2 Å². The molecule has 108 valence electrons. The van der Waals surface area contributed by atoms with Crippen LogP contribution in [0.4, 0.5) is 11.5 Å². The Balaban J connectivity index is 1.67. The monoisotopic (exact) mass is 271 g/mol. The van der Waals surface area contributed by atoms with Gasteiger partial charge in [0.05, 0.1) is 5.69 Å². The molecule has 0 unspecified atom stereocenters. The molecule has 0 atom stereocenters. The molecule has 4 aliphatic rings. The molecule has 4 saturated carbocycles. The summed E-state index contributed by atoms with van der Waals surface area (Å²) in [6.07, 6.45) is 9.17. The van der Waals surface area contributed by atoms with E-state index < -0.39 is 0 Å². The number of hydrogen-bond acceptors (Lipinski definition) is 3. The second kappa shape index (κ2) is 4.64. The second-order valence-corrected chi connectivity index (χ2v) is 7.12. The van der Waals surface area contributed by atoms with Crippen LogP contribution in [0.25, 0.3) is 0 Å². The number of nitrogens with zero attached hydrogens (tertiary/aromatic N) is 2. The van der Waals surface area contributed by atoms with Crippen molar-refractivity contribution in [1.29, 1.82) is 0 Å². The SMILES string of the molecule is CCN(c1ncccc1N)C1C2CC3CC(C2)CC1C3. The summed E-state index contributed by atoms with van der Waals surface area (Å²) >= 11 is 0. The van der Waals surface area contributed by atoms with Crippen LogP contribution in [-0.4, -0.2) is 17.6 Å². The number of anilines is 2. The third-order valence-electron chi connectivity index (χ3n) is 5.97. The van der Waals surface area contributed by atoms with Crippen molar-refractivity contribution in [2.24, 2.45) is 23.7 Å². The third kappa shape index (κ3) is 1.82. The maximum atomic E-state index is 6.19. The minimum atomic E-state index is 0.685. The van der Waals surface area contributed by atoms with Gasteiger partial charge in [-0.1, -0.05) is 0 Å². The van der Waals surface area contributed by atoms with Crippen LogP contribution in [0.5, 0.6) is 0 Å². The van der Waals surface area contributed by atoms with Gasteiger partial charge >= 0.3 is 0 Å². The summed E-state index contributed by atoms with van der Waals surface area (Å²) in [4.78, 5) is 7.10. The maximum absolute atomic E-state index is 6.19. The molecule has 0 aliphatic heterocycles. The number of aromatic nitrogens is 1. The number of pyridine rings is 1. The first-order valence-electron chi connectivity index (χ1n) is 8.23. The smallest absolute Gasteiger partial charge is 0.152 e. The van der Waals surface area contributed by atoms with Crippen LogP contribution in [-0.2, 0) is 0 Å². The number of hydrogen-bond donors (Lipinski definition) is 1. The molecule has 0 radical (unpaired) electrons. The van der Waals surface area contributed by atoms with E-state index in [1.807, 2.05) is 18.3 Å². The Hall–Kier alpha value is -1.25. The summed E-state index contributed by atoms with van der Waals surface area (Å²) < 4.78 is 0. The first kappa shape index (κ1) is 12.5. The van der Waals surface area contributed by atoms with Gasteiger partial charge in [-0.05, 0) is 74.8 Å². The molecule has 1 aromatic heterocycles. The Morgan fingerprint density at radius 3 is 2.35 bits per heavy atom. The van der Waals surface area contributed by atoms with E-state index in [4.69, 9.17) is 5.73 Å². The van der Waals surface area contributed by atoms with E-state index in [-0.39, 0.29) is 0 Å². The number of nitrogens with two attached hydrogens (primary N) is 1. The third-order valence-corrected chi connectivity index (χ3v) is 5.97. The van der Waals surface area contributed by atoms with E-state index in [0.717, 1.165) is 41.7 Å². The molecule has 0 amide bonds. The lowest BCUT2D eigenvalue weighted by Gasteiger charge is -2.57. The van der Waals surface area contributed by atoms with Crippen molar-refractivity contribution in [1.82, 2.24) is 4.98 Å². The highest BCUT2D eigenvalue weighted by molar-refractivity contribution is 5.62. The zero-order chi connectivity index (χ0) is 13.7. The summed E-state index contributed by atoms with van der Waals surface area (Å²) in [7, 11) is 0. The molecule has 0 aromatic carbocycles. The molecular formula is C17H25N3. The zero-order valence-electron chi connectivity index (χ0n) is 12.3. The van der Waals surface area contributed by atoms with Gasteiger partial charge in [-0.3, -0.25) is 0 Å². The quantitative estimate of drug-likeness (QED) is 0.917. The van der Waals surface area contributed by atoms with Crippen LogP contribution >= 0.6 is 0 Å². The van der Waals surface area contributed by atoms with Gasteiger partial charge in [0.1, 0.15) is 0 Å². The summed E-state index contributed by atoms with van der Waals surface area (Å²) in [5.41, 5.74) is 7.02. The Morgan fingerprint density at radius 1 is 1.15 bits per heavy atom. The molecule has 2 N–H and O–H groups in total. The molecule has 1 aromatic rings. The van der Waals surface area contributed by atoms with Gasteiger partial charge < -0.3 is 10.6 Å². The van der Waals surface area contributed by atoms with E-state index in [9.17, 15) is 0 Å². The van der Waals surface area contributed by atoms with Gasteiger partial charge in [0, 0.05) is 18.8 Å². The molecule has 4 fully saturated rings. The van der Waals surface area contributed by atoms with E-state index in [0.29, 0.717) is 6.04 Å². The van der Waals surface area contributed by atoms with Crippen molar-refractivity contribution in [2.45, 2.75) is 45.1 Å². The molecule has 20 heavy (non-hydrogen) atoms. The predicted molar refractivity (Wildman–Crippen MR) is 82.5 cm³/mol. The van der Waals surface area contributed by atoms with Crippen molar-refractivity contribution in [3.63, 3.8) is 0 Å². The van der Waals surface area contributed by atoms with Gasteiger partial charge in [-0.25, -0.2) is 4.98 Å². The van der Waals surface area contributed by atoms with Crippen molar-refractivity contribution in [3.8, 4) is 0 Å². The molecule has 3 nitrogen and oxygen atoms in total. The van der Waals surface area contributed by atoms with E-state index in [2.05, 4.69) is 16.8 Å². The highest BCUT2D eigenvalue weighted by atomic mass is 15.2. The van der Waals surface area contributed by atoms with Crippen LogP contribution in [0.15, 0.2) is 18.3 Å². The molecule has 5 rings (SSSR count). The minimum Gasteiger partial charge on any atom is -0.396 e. The Morgan fingerprint density at radius 2 is 1.80 bits per heavy atom. The first-order chi connectivity index (χ1) is 9.76. The largest absolute Gasteiger partial charge is 0.396 e. The van der Waals surface area contributed by atoms with Gasteiger partial charge in [-0.2, -0.15) is 0 Å². The molecule has 3 heteroatoms. The van der Waals surface area contributed by atoms with Crippen molar-refractivity contribution in [3.05, 3.63) is 18.3 Å². The fourth-order valence-electron chi connectivity index (χ4n) is 5.56. The van der Waals surface area contributed by atoms with E-state index in [1.165, 1.54) is 32.1 Å². The first-order valence-corrected chi connectivity index (χ1v) is 8.23. The lowest BCUT2D eigenvalue weighted by molar-refractivity contribution is -0.00271. The topological polar surface area (TPSA) is 42.2 Å². The molecule has 1 heterocycles. The lowest BCUT2D eigenvalue weighted by Crippen LogP contribution is -2.56. The second-order valence-electron chi connectivity index (χ2n) is 7.12. The maximum Gasteiger partial charge on any atom is 0.152 e. The van der Waals surface area contributed by atoms with Crippen molar-refractivity contribution >= 4 is 11.5 Å². The summed E-state index contributed by atoms with van der Waals surface area (Å²) in [5, 5.41) is 0. The predicted octanol–water partition coefficient (Wildman–Crippen LogP) is 3.31. The van der Waals surface area contributed by atoms with Gasteiger partial charge in [0.2, 0.25) is 0 Å². The molecule has 4 bridgehead atoms. The van der Waals surface area contributed by atoms with Crippen LogP contribution < -0.4 is 10.6 Å². The molecule has 4 aliphatic carbocycles. The molecule has 0 spiro atoms. The van der Waals surface area contributed by atoms with Crippen LogP contribution in [0.1, 0.15) is 39.0 Å². The fourth-order valence-corrected chi connectivity index (χ4v) is 5.56. The van der Waals surface area contributed by atoms with Crippen molar-refractivity contribution < 1.29 is 0 Å². The summed E-state index contributed by atoms with van der Waals surface area (Å²) in [6, 6.07) is 4.61. The standard InChI is InChI=1S/C17H25N3/c1-2-20(17-15(18)4-3-5-19-17)16-13-7-11-6-12(9-13)10-14(16)8-11/h3-5,11-14,16H,2,6-10,18H2,1H3. The highest BCUT2D eigenvalue weighted by Gasteiger charge is 2.50. The van der Waals surface area contributed by atoms with Crippen LogP contribution in [0.3, 0.4) is 0 Å². The van der Waals surface area contributed by atoms with Crippen LogP contribution in [0, 0.1) is 23.7 Å². The fraction of sp³-hybridized carbons (Fsp3) is 0.706. The van der Waals surface area contributed by atoms with Crippen LogP contribution in [0.2, 0.25) is 0 Å². The van der Waals surface area contributed by atoms with Gasteiger partial charge in [0.15, 0.2) is 5.82 Å². The summed E-state index contributed by atoms with van der Waals surface area (Å²) in [6.45, 7) is 3.27. The average molecular weight is 271 g/mol. The van der Waals surface area contributed by atoms with Gasteiger partial charge in [0.25, 0.3) is 0 Å². The lowest BCUT2D eigenvalue weighted by atomic mass is 9.54. The minimum absolute atomic E-state index is 0.685. The Bertz CT molecular complexity index is 471. The van der Waals surface area contributed by atoms with Gasteiger partial charge in [-0.15, -0.1) is 0 Å². The Labute approximate surface area is 121 Å². The molecule has 0 saturated heterocycles. The number of nitrogen functional groups attached to an aromatic ring is 1. The normalized spacial score (nSPS) is 38.1. The zero-order valence-corrected chi connectivity index (χ0v) is 12.3. The summed E-state index contributed by atoms with van der Waals surface area (Å²) in [5.74, 6) is 4.83. The van der Waals surface area contributed by atoms with E-state index >= 15 is 0 Å². The Kier molecular flexibility index (Phi) is 2.90. The van der Waals surface area contributed by atoms with E-state index in [1.54, 1.807) is 0 Å². The highest BCUT2D eigenvalue weighted by Crippen LogP contribution is 2.55. The number of rotatable bonds is 3.